The molecule has 24 heavy (non-hydrogen) atoms. The molecule has 6 nitrogen and oxygen atoms in total. The highest BCUT2D eigenvalue weighted by Gasteiger charge is 2.21. The maximum atomic E-state index is 11.1. The lowest BCUT2D eigenvalue weighted by atomic mass is 10.1. The lowest BCUT2D eigenvalue weighted by Gasteiger charge is -2.22. The van der Waals surface area contributed by atoms with Gasteiger partial charge in [0.1, 0.15) is 0 Å². The number of carbonyl (C=O) groups is 1. The molecule has 2 rings (SSSR count). The maximum Gasteiger partial charge on any atom is 0.248 e. The van der Waals surface area contributed by atoms with Crippen molar-refractivity contribution in [3.63, 3.8) is 0 Å². The zero-order valence-corrected chi connectivity index (χ0v) is 16.7. The number of hydrogen-bond acceptors (Lipinski definition) is 3. The summed E-state index contributed by atoms with van der Waals surface area (Å²) in [6.45, 7) is 3.03. The minimum atomic E-state index is -0.411. The number of hydrogen-bond donors (Lipinski definition) is 2. The predicted molar refractivity (Wildman–Crippen MR) is 107 cm³/mol. The van der Waals surface area contributed by atoms with Crippen molar-refractivity contribution in [1.82, 2.24) is 10.2 Å². The van der Waals surface area contributed by atoms with E-state index >= 15 is 0 Å². The lowest BCUT2D eigenvalue weighted by molar-refractivity contribution is 0.100. The Morgan fingerprint density at radius 3 is 2.58 bits per heavy atom. The molecule has 0 unspecified atom stereocenters. The third-order valence-electron chi connectivity index (χ3n) is 3.88. The Morgan fingerprint density at radius 2 is 2.04 bits per heavy atom. The SMILES string of the molecule is CN=C(NCc1ccc(C(N)=O)cc1)N(C)CCOCC1CC1.I. The Bertz CT molecular complexity index is 544. The second kappa shape index (κ2) is 10.5. The molecule has 3 N–H and O–H groups in total. The molecule has 1 aliphatic rings. The first kappa shape index (κ1) is 20.7. The third-order valence-corrected chi connectivity index (χ3v) is 3.88. The Balaban J connectivity index is 0.00000288. The van der Waals surface area contributed by atoms with Gasteiger partial charge in [0.25, 0.3) is 0 Å². The third kappa shape index (κ3) is 7.04. The number of guanidine groups is 1. The van der Waals surface area contributed by atoms with E-state index in [2.05, 4.69) is 10.3 Å². The second-order valence-electron chi connectivity index (χ2n) is 5.90. The van der Waals surface area contributed by atoms with E-state index in [9.17, 15) is 4.79 Å². The number of ether oxygens (including phenoxy) is 1. The Morgan fingerprint density at radius 1 is 1.38 bits per heavy atom. The first-order valence-electron chi connectivity index (χ1n) is 7.98. The summed E-state index contributed by atoms with van der Waals surface area (Å²) in [5.74, 6) is 1.20. The van der Waals surface area contributed by atoms with Gasteiger partial charge in [-0.3, -0.25) is 9.79 Å². The van der Waals surface area contributed by atoms with Crippen LogP contribution in [0.5, 0.6) is 0 Å². The van der Waals surface area contributed by atoms with Crippen molar-refractivity contribution in [3.05, 3.63) is 35.4 Å². The van der Waals surface area contributed by atoms with Crippen molar-refractivity contribution in [2.45, 2.75) is 19.4 Å². The van der Waals surface area contributed by atoms with E-state index in [0.717, 1.165) is 30.6 Å². The van der Waals surface area contributed by atoms with Crippen molar-refractivity contribution < 1.29 is 9.53 Å². The quantitative estimate of drug-likeness (QED) is 0.277. The molecule has 0 heterocycles. The number of likely N-dealkylation sites (N-methyl/N-ethyl adjacent to an activating group) is 1. The first-order valence-corrected chi connectivity index (χ1v) is 7.98. The van der Waals surface area contributed by atoms with E-state index in [1.807, 2.05) is 24.1 Å². The number of carbonyl (C=O) groups excluding carboxylic acids is 1. The van der Waals surface area contributed by atoms with Gasteiger partial charge in [0, 0.05) is 39.4 Å². The van der Waals surface area contributed by atoms with E-state index in [1.54, 1.807) is 19.2 Å². The molecule has 0 atom stereocenters. The highest BCUT2D eigenvalue weighted by Crippen LogP contribution is 2.28. The van der Waals surface area contributed by atoms with Crippen LogP contribution >= 0.6 is 24.0 Å². The molecule has 0 aliphatic heterocycles. The zero-order valence-electron chi connectivity index (χ0n) is 14.3. The normalized spacial score (nSPS) is 14.0. The molecule has 7 heteroatoms. The van der Waals surface area contributed by atoms with E-state index < -0.39 is 5.91 Å². The van der Waals surface area contributed by atoms with Crippen molar-refractivity contribution >= 4 is 35.8 Å². The molecule has 1 aliphatic carbocycles. The molecule has 1 amide bonds. The summed E-state index contributed by atoms with van der Waals surface area (Å²) < 4.78 is 5.65. The molecular formula is C17H27IN4O2. The van der Waals surface area contributed by atoms with E-state index in [4.69, 9.17) is 10.5 Å². The van der Waals surface area contributed by atoms with Crippen LogP contribution in [-0.2, 0) is 11.3 Å². The number of rotatable bonds is 8. The standard InChI is InChI=1S/C17H26N4O2.HI/c1-19-17(21(2)9-10-23-12-14-3-4-14)20-11-13-5-7-15(8-6-13)16(18)22;/h5-8,14H,3-4,9-12H2,1-2H3,(H2,18,22)(H,19,20);1H. The fourth-order valence-electron chi connectivity index (χ4n) is 2.19. The van der Waals surface area contributed by atoms with Gasteiger partial charge in [-0.05, 0) is 36.5 Å². The van der Waals surface area contributed by atoms with Gasteiger partial charge >= 0.3 is 0 Å². The van der Waals surface area contributed by atoms with Crippen molar-refractivity contribution in [3.8, 4) is 0 Å². The summed E-state index contributed by atoms with van der Waals surface area (Å²) in [5.41, 5.74) is 6.82. The topological polar surface area (TPSA) is 79.9 Å². The summed E-state index contributed by atoms with van der Waals surface area (Å²) in [4.78, 5) is 17.4. The molecule has 1 saturated carbocycles. The van der Waals surface area contributed by atoms with Crippen LogP contribution in [0.3, 0.4) is 0 Å². The van der Waals surface area contributed by atoms with E-state index in [-0.39, 0.29) is 24.0 Å². The molecule has 1 aromatic carbocycles. The minimum absolute atomic E-state index is 0. The first-order chi connectivity index (χ1) is 11.1. The molecule has 0 saturated heterocycles. The highest BCUT2D eigenvalue weighted by atomic mass is 127. The number of primary amides is 1. The number of amides is 1. The minimum Gasteiger partial charge on any atom is -0.379 e. The molecule has 0 bridgehead atoms. The highest BCUT2D eigenvalue weighted by molar-refractivity contribution is 14.0. The summed E-state index contributed by atoms with van der Waals surface area (Å²) in [7, 11) is 3.76. The Kier molecular flexibility index (Phi) is 9.05. The number of nitrogens with two attached hydrogens (primary N) is 1. The van der Waals surface area contributed by atoms with E-state index in [0.29, 0.717) is 18.7 Å². The summed E-state index contributed by atoms with van der Waals surface area (Å²) in [5, 5.41) is 3.30. The second-order valence-corrected chi connectivity index (χ2v) is 5.90. The Hall–Kier alpha value is -1.35. The average Bonchev–Trinajstić information content (AvgIpc) is 3.37. The van der Waals surface area contributed by atoms with Gasteiger partial charge in [0.2, 0.25) is 5.91 Å². The van der Waals surface area contributed by atoms with Crippen LogP contribution in [0.15, 0.2) is 29.3 Å². The summed E-state index contributed by atoms with van der Waals surface area (Å²) in [6, 6.07) is 7.24. The molecule has 1 fully saturated rings. The van der Waals surface area contributed by atoms with E-state index in [1.165, 1.54) is 12.8 Å². The Labute approximate surface area is 160 Å². The van der Waals surface area contributed by atoms with Gasteiger partial charge in [-0.25, -0.2) is 0 Å². The van der Waals surface area contributed by atoms with Gasteiger partial charge in [-0.15, -0.1) is 24.0 Å². The van der Waals surface area contributed by atoms with Crippen LogP contribution in [0.4, 0.5) is 0 Å². The van der Waals surface area contributed by atoms with Gasteiger partial charge in [-0.1, -0.05) is 12.1 Å². The number of halogens is 1. The van der Waals surface area contributed by atoms with Crippen LogP contribution in [0.1, 0.15) is 28.8 Å². The monoisotopic (exact) mass is 446 g/mol. The van der Waals surface area contributed by atoms with Crippen LogP contribution in [0.25, 0.3) is 0 Å². The van der Waals surface area contributed by atoms with Crippen LogP contribution < -0.4 is 11.1 Å². The predicted octanol–water partition coefficient (Wildman–Crippen LogP) is 1.84. The van der Waals surface area contributed by atoms with Crippen LogP contribution in [-0.4, -0.2) is 50.6 Å². The number of nitrogens with one attached hydrogen (secondary N) is 1. The van der Waals surface area contributed by atoms with Gasteiger partial charge in [0.15, 0.2) is 5.96 Å². The maximum absolute atomic E-state index is 11.1. The van der Waals surface area contributed by atoms with Gasteiger partial charge in [-0.2, -0.15) is 0 Å². The van der Waals surface area contributed by atoms with Gasteiger partial charge in [0.05, 0.1) is 6.61 Å². The fourth-order valence-corrected chi connectivity index (χ4v) is 2.19. The molecule has 0 radical (unpaired) electrons. The zero-order chi connectivity index (χ0) is 16.7. The summed E-state index contributed by atoms with van der Waals surface area (Å²) in [6.07, 6.45) is 2.63. The fraction of sp³-hybridized carbons (Fsp3) is 0.529. The van der Waals surface area contributed by atoms with Crippen molar-refractivity contribution in [2.24, 2.45) is 16.6 Å². The summed E-state index contributed by atoms with van der Waals surface area (Å²) >= 11 is 0. The molecule has 1 aromatic rings. The van der Waals surface area contributed by atoms with Crippen molar-refractivity contribution in [1.29, 1.82) is 0 Å². The molecule has 0 spiro atoms. The van der Waals surface area contributed by atoms with Gasteiger partial charge < -0.3 is 20.7 Å². The lowest BCUT2D eigenvalue weighted by Crippen LogP contribution is -2.40. The largest absolute Gasteiger partial charge is 0.379 e. The number of nitrogens with zero attached hydrogens (tertiary/aromatic N) is 2. The smallest absolute Gasteiger partial charge is 0.248 e. The number of aliphatic imine (C=N–C) groups is 1. The average molecular weight is 446 g/mol. The van der Waals surface area contributed by atoms with Crippen LogP contribution in [0.2, 0.25) is 0 Å². The van der Waals surface area contributed by atoms with Crippen LogP contribution in [0, 0.1) is 5.92 Å². The van der Waals surface area contributed by atoms with Crippen molar-refractivity contribution in [2.75, 3.05) is 33.9 Å². The molecular weight excluding hydrogens is 419 g/mol. The number of benzene rings is 1. The molecule has 134 valence electrons. The molecule has 0 aromatic heterocycles.